The van der Waals surface area contributed by atoms with Gasteiger partial charge in [0.05, 0.1) is 0 Å². The molecule has 0 atom stereocenters. The Morgan fingerprint density at radius 1 is 1.29 bits per heavy atom. The lowest BCUT2D eigenvalue weighted by Gasteiger charge is -2.20. The third-order valence-electron chi connectivity index (χ3n) is 2.09. The van der Waals surface area contributed by atoms with Crippen LogP contribution in [0.15, 0.2) is 36.6 Å². The Hall–Kier alpha value is -0.980. The van der Waals surface area contributed by atoms with Crippen molar-refractivity contribution in [2.24, 2.45) is 5.92 Å². The van der Waals surface area contributed by atoms with E-state index in [-0.39, 0.29) is 0 Å². The lowest BCUT2D eigenvalue weighted by molar-refractivity contribution is 0.387. The van der Waals surface area contributed by atoms with E-state index >= 15 is 0 Å². The highest BCUT2D eigenvalue weighted by molar-refractivity contribution is 5.21. The van der Waals surface area contributed by atoms with E-state index in [0.717, 1.165) is 23.7 Å². The number of rotatable bonds is 6. The van der Waals surface area contributed by atoms with Crippen molar-refractivity contribution in [1.82, 2.24) is 4.90 Å². The van der Waals surface area contributed by atoms with E-state index < -0.39 is 0 Å². The minimum absolute atomic E-state index is 0.746. The molecule has 0 bridgehead atoms. The van der Waals surface area contributed by atoms with Crippen LogP contribution in [-0.4, -0.2) is 18.5 Å². The van der Waals surface area contributed by atoms with Gasteiger partial charge in [0.25, 0.3) is 0 Å². The van der Waals surface area contributed by atoms with Gasteiger partial charge < -0.3 is 4.90 Å². The van der Waals surface area contributed by atoms with Gasteiger partial charge >= 0.3 is 0 Å². The summed E-state index contributed by atoms with van der Waals surface area (Å²) in [6.45, 7) is 15.3. The summed E-state index contributed by atoms with van der Waals surface area (Å²) in [5.74, 6) is 0.746. The second kappa shape index (κ2) is 6.47. The fourth-order valence-corrected chi connectivity index (χ4v) is 0.961. The van der Waals surface area contributed by atoms with Gasteiger partial charge in [-0.05, 0) is 25.3 Å². The first-order chi connectivity index (χ1) is 6.43. The van der Waals surface area contributed by atoms with Gasteiger partial charge in [0, 0.05) is 19.3 Å². The Morgan fingerprint density at radius 2 is 1.86 bits per heavy atom. The van der Waals surface area contributed by atoms with Gasteiger partial charge in [0.2, 0.25) is 0 Å². The van der Waals surface area contributed by atoms with Crippen molar-refractivity contribution < 1.29 is 0 Å². The molecule has 0 spiro atoms. The highest BCUT2D eigenvalue weighted by atomic mass is 15.1. The summed E-state index contributed by atoms with van der Waals surface area (Å²) in [7, 11) is 2.08. The van der Waals surface area contributed by atoms with Crippen molar-refractivity contribution in [3.8, 4) is 0 Å². The quantitative estimate of drug-likeness (QED) is 0.582. The molecule has 0 aromatic rings. The minimum Gasteiger partial charge on any atom is -0.375 e. The van der Waals surface area contributed by atoms with Crippen LogP contribution in [0.4, 0.5) is 0 Å². The van der Waals surface area contributed by atoms with Crippen LogP contribution < -0.4 is 0 Å². The molecule has 0 unspecified atom stereocenters. The third-order valence-corrected chi connectivity index (χ3v) is 2.09. The number of hydrogen-bond donors (Lipinski definition) is 0. The van der Waals surface area contributed by atoms with Crippen LogP contribution in [-0.2, 0) is 0 Å². The van der Waals surface area contributed by atoms with Crippen LogP contribution in [0.3, 0.4) is 0 Å². The number of nitrogens with zero attached hydrogens (tertiary/aromatic N) is 1. The maximum Gasteiger partial charge on any atom is 0.0290 e. The van der Waals surface area contributed by atoms with Gasteiger partial charge in [0.15, 0.2) is 0 Å². The predicted octanol–water partition coefficient (Wildman–Crippen LogP) is 3.61. The van der Waals surface area contributed by atoms with Gasteiger partial charge in [-0.15, -0.1) is 0 Å². The van der Waals surface area contributed by atoms with Gasteiger partial charge in [-0.1, -0.05) is 38.7 Å². The molecular formula is C13H23N. The SMILES string of the molecule is C=C(C)/C=C\C(=C)N(C)CCC(C)C. The molecule has 0 saturated carbocycles. The summed E-state index contributed by atoms with van der Waals surface area (Å²) in [5.41, 5.74) is 2.11. The predicted molar refractivity (Wildman–Crippen MR) is 65.2 cm³/mol. The first-order valence-corrected chi connectivity index (χ1v) is 5.17. The van der Waals surface area contributed by atoms with Gasteiger partial charge in [-0.3, -0.25) is 0 Å². The smallest absolute Gasteiger partial charge is 0.0290 e. The summed E-state index contributed by atoms with van der Waals surface area (Å²) >= 11 is 0. The van der Waals surface area contributed by atoms with Gasteiger partial charge in [0.1, 0.15) is 0 Å². The minimum atomic E-state index is 0.746. The second-order valence-corrected chi connectivity index (χ2v) is 4.28. The molecule has 0 fully saturated rings. The van der Waals surface area contributed by atoms with E-state index in [0.29, 0.717) is 0 Å². The van der Waals surface area contributed by atoms with Crippen LogP contribution in [0.2, 0.25) is 0 Å². The molecule has 0 saturated heterocycles. The lowest BCUT2D eigenvalue weighted by Crippen LogP contribution is -2.18. The highest BCUT2D eigenvalue weighted by Gasteiger charge is 2.00. The molecule has 14 heavy (non-hydrogen) atoms. The summed E-state index contributed by atoms with van der Waals surface area (Å²) < 4.78 is 0. The number of allylic oxidation sites excluding steroid dienone is 3. The van der Waals surface area contributed by atoms with Crippen LogP contribution in [0.1, 0.15) is 27.2 Å². The fourth-order valence-electron chi connectivity index (χ4n) is 0.961. The molecule has 0 aliphatic carbocycles. The Kier molecular flexibility index (Phi) is 6.02. The van der Waals surface area contributed by atoms with Gasteiger partial charge in [-0.2, -0.15) is 0 Å². The maximum atomic E-state index is 4.00. The largest absolute Gasteiger partial charge is 0.375 e. The summed E-state index contributed by atoms with van der Waals surface area (Å²) in [6.07, 6.45) is 5.22. The van der Waals surface area contributed by atoms with Crippen molar-refractivity contribution in [3.05, 3.63) is 36.6 Å². The Labute approximate surface area is 88.8 Å². The molecule has 1 heteroatoms. The molecule has 0 aromatic carbocycles. The number of likely N-dealkylation sites (N-methyl/N-ethyl adjacent to an activating group) is 1. The Balaban J connectivity index is 3.93. The van der Waals surface area contributed by atoms with E-state index in [1.54, 1.807) is 0 Å². The molecule has 0 heterocycles. The Bertz CT molecular complexity index is 223. The van der Waals surface area contributed by atoms with Crippen LogP contribution in [0, 0.1) is 5.92 Å². The zero-order chi connectivity index (χ0) is 11.1. The molecule has 0 N–H and O–H groups in total. The molecule has 0 aliphatic rings. The number of hydrogen-bond acceptors (Lipinski definition) is 1. The van der Waals surface area contributed by atoms with Gasteiger partial charge in [-0.25, -0.2) is 0 Å². The summed E-state index contributed by atoms with van der Waals surface area (Å²) in [5, 5.41) is 0. The first-order valence-electron chi connectivity index (χ1n) is 5.17. The van der Waals surface area contributed by atoms with E-state index in [2.05, 4.69) is 39.0 Å². The zero-order valence-electron chi connectivity index (χ0n) is 10.0. The molecule has 80 valence electrons. The zero-order valence-corrected chi connectivity index (χ0v) is 10.0. The molecule has 0 amide bonds. The van der Waals surface area contributed by atoms with Crippen molar-refractivity contribution in [3.63, 3.8) is 0 Å². The van der Waals surface area contributed by atoms with Crippen LogP contribution >= 0.6 is 0 Å². The Morgan fingerprint density at radius 3 is 2.29 bits per heavy atom. The van der Waals surface area contributed by atoms with Crippen molar-refractivity contribution in [2.75, 3.05) is 13.6 Å². The van der Waals surface area contributed by atoms with Crippen molar-refractivity contribution in [2.45, 2.75) is 27.2 Å². The lowest BCUT2D eigenvalue weighted by atomic mass is 10.1. The summed E-state index contributed by atoms with van der Waals surface area (Å²) in [4.78, 5) is 2.18. The van der Waals surface area contributed by atoms with E-state index in [4.69, 9.17) is 0 Å². The van der Waals surface area contributed by atoms with E-state index in [9.17, 15) is 0 Å². The second-order valence-electron chi connectivity index (χ2n) is 4.28. The topological polar surface area (TPSA) is 3.24 Å². The average molecular weight is 193 g/mol. The van der Waals surface area contributed by atoms with E-state index in [1.165, 1.54) is 6.42 Å². The standard InChI is InChI=1S/C13H23N/c1-11(2)7-8-13(5)14(6)10-9-12(3)4/h7-8,12H,1,5,9-10H2,2-4,6H3/b8-7-. The molecular weight excluding hydrogens is 170 g/mol. The molecule has 0 rings (SSSR count). The molecule has 1 nitrogen and oxygen atoms in total. The maximum absolute atomic E-state index is 4.00. The normalized spacial score (nSPS) is 10.9. The monoisotopic (exact) mass is 193 g/mol. The van der Waals surface area contributed by atoms with Crippen molar-refractivity contribution >= 4 is 0 Å². The van der Waals surface area contributed by atoms with Crippen LogP contribution in [0.25, 0.3) is 0 Å². The highest BCUT2D eigenvalue weighted by Crippen LogP contribution is 2.06. The first kappa shape index (κ1) is 13.0. The van der Waals surface area contributed by atoms with E-state index in [1.807, 2.05) is 19.1 Å². The summed E-state index contributed by atoms with van der Waals surface area (Å²) in [6, 6.07) is 0. The molecule has 0 aliphatic heterocycles. The third kappa shape index (κ3) is 6.53. The molecule has 0 radical (unpaired) electrons. The molecule has 0 aromatic heterocycles. The van der Waals surface area contributed by atoms with Crippen LogP contribution in [0.5, 0.6) is 0 Å². The van der Waals surface area contributed by atoms with Crippen molar-refractivity contribution in [1.29, 1.82) is 0 Å². The fraction of sp³-hybridized carbons (Fsp3) is 0.538. The average Bonchev–Trinajstić information content (AvgIpc) is 2.09.